The van der Waals surface area contributed by atoms with Crippen LogP contribution in [-0.2, 0) is 6.42 Å². The fourth-order valence-corrected chi connectivity index (χ4v) is 3.13. The van der Waals surface area contributed by atoms with Crippen molar-refractivity contribution in [1.82, 2.24) is 15.5 Å². The molecule has 3 rings (SSSR count). The monoisotopic (exact) mass is 327 g/mol. The highest BCUT2D eigenvalue weighted by Gasteiger charge is 2.16. The van der Waals surface area contributed by atoms with Gasteiger partial charge in [0.2, 0.25) is 0 Å². The zero-order valence-corrected chi connectivity index (χ0v) is 14.3. The highest BCUT2D eigenvalue weighted by atomic mass is 16.5. The minimum absolute atomic E-state index is 0.0115. The molecule has 5 nitrogen and oxygen atoms in total. The quantitative estimate of drug-likeness (QED) is 0.834. The maximum Gasteiger partial charge on any atom is 0.257 e. The molecule has 1 aliphatic carbocycles. The SMILES string of the molecule is CCCCc1noc(-c2ccc(C(=O)NCC3CCCC3)cc2)n1. The van der Waals surface area contributed by atoms with E-state index in [4.69, 9.17) is 4.52 Å². The van der Waals surface area contributed by atoms with E-state index in [0.717, 1.165) is 37.2 Å². The number of nitrogens with zero attached hydrogens (tertiary/aromatic N) is 2. The molecule has 1 aromatic heterocycles. The van der Waals surface area contributed by atoms with Gasteiger partial charge >= 0.3 is 0 Å². The predicted molar refractivity (Wildman–Crippen MR) is 92.6 cm³/mol. The van der Waals surface area contributed by atoms with Gasteiger partial charge in [-0.3, -0.25) is 4.79 Å². The zero-order chi connectivity index (χ0) is 16.8. The van der Waals surface area contributed by atoms with Crippen molar-refractivity contribution in [3.05, 3.63) is 35.7 Å². The first-order chi connectivity index (χ1) is 11.8. The Morgan fingerprint density at radius 2 is 2.00 bits per heavy atom. The van der Waals surface area contributed by atoms with Gasteiger partial charge in [0.1, 0.15) is 0 Å². The van der Waals surface area contributed by atoms with E-state index in [-0.39, 0.29) is 5.91 Å². The summed E-state index contributed by atoms with van der Waals surface area (Å²) < 4.78 is 5.30. The molecule has 0 radical (unpaired) electrons. The number of aromatic nitrogens is 2. The molecule has 0 saturated heterocycles. The van der Waals surface area contributed by atoms with Crippen molar-refractivity contribution in [2.24, 2.45) is 5.92 Å². The summed E-state index contributed by atoms with van der Waals surface area (Å²) in [5, 5.41) is 7.03. The average molecular weight is 327 g/mol. The lowest BCUT2D eigenvalue weighted by atomic mass is 10.1. The lowest BCUT2D eigenvalue weighted by molar-refractivity contribution is 0.0947. The number of benzene rings is 1. The molecule has 0 aliphatic heterocycles. The van der Waals surface area contributed by atoms with E-state index < -0.39 is 0 Å². The van der Waals surface area contributed by atoms with Gasteiger partial charge in [0.15, 0.2) is 5.82 Å². The van der Waals surface area contributed by atoms with E-state index >= 15 is 0 Å². The Kier molecular flexibility index (Phi) is 5.62. The minimum Gasteiger partial charge on any atom is -0.352 e. The number of amides is 1. The van der Waals surface area contributed by atoms with Crippen molar-refractivity contribution in [3.63, 3.8) is 0 Å². The van der Waals surface area contributed by atoms with E-state index in [1.54, 1.807) is 0 Å². The molecule has 2 aromatic rings. The Morgan fingerprint density at radius 1 is 1.25 bits per heavy atom. The maximum absolute atomic E-state index is 12.2. The normalized spacial score (nSPS) is 14.9. The molecule has 1 N–H and O–H groups in total. The highest BCUT2D eigenvalue weighted by molar-refractivity contribution is 5.94. The van der Waals surface area contributed by atoms with E-state index in [1.807, 2.05) is 24.3 Å². The molecular weight excluding hydrogens is 302 g/mol. The predicted octanol–water partition coefficient (Wildman–Crippen LogP) is 4.00. The second-order valence-electron chi connectivity index (χ2n) is 6.56. The van der Waals surface area contributed by atoms with Crippen LogP contribution >= 0.6 is 0 Å². The number of nitrogens with one attached hydrogen (secondary N) is 1. The van der Waals surface area contributed by atoms with Crippen LogP contribution in [0.2, 0.25) is 0 Å². The van der Waals surface area contributed by atoms with E-state index in [1.165, 1.54) is 25.7 Å². The third kappa shape index (κ3) is 4.22. The summed E-state index contributed by atoms with van der Waals surface area (Å²) in [5.74, 6) is 1.89. The van der Waals surface area contributed by atoms with Gasteiger partial charge in [-0.2, -0.15) is 4.98 Å². The molecular formula is C19H25N3O2. The Morgan fingerprint density at radius 3 is 2.71 bits per heavy atom. The standard InChI is InChI=1S/C19H25N3O2/c1-2-3-8-17-21-19(24-22-17)16-11-9-15(10-12-16)18(23)20-13-14-6-4-5-7-14/h9-12,14H,2-8,13H2,1H3,(H,20,23). The molecule has 5 heteroatoms. The van der Waals surface area contributed by atoms with Crippen LogP contribution in [0.25, 0.3) is 11.5 Å². The number of carbonyl (C=O) groups is 1. The molecule has 24 heavy (non-hydrogen) atoms. The van der Waals surface area contributed by atoms with Gasteiger partial charge in [0.05, 0.1) is 0 Å². The number of unbranched alkanes of at least 4 members (excludes halogenated alkanes) is 1. The van der Waals surface area contributed by atoms with Crippen LogP contribution in [0.4, 0.5) is 0 Å². The van der Waals surface area contributed by atoms with Gasteiger partial charge in [-0.1, -0.05) is 31.3 Å². The fraction of sp³-hybridized carbons (Fsp3) is 0.526. The summed E-state index contributed by atoms with van der Waals surface area (Å²) in [6.45, 7) is 2.92. The van der Waals surface area contributed by atoms with Crippen LogP contribution in [0.15, 0.2) is 28.8 Å². The van der Waals surface area contributed by atoms with Crippen molar-refractivity contribution >= 4 is 5.91 Å². The molecule has 1 heterocycles. The molecule has 1 aliphatic rings. The Bertz CT molecular complexity index is 658. The van der Waals surface area contributed by atoms with Crippen molar-refractivity contribution in [2.75, 3.05) is 6.54 Å². The van der Waals surface area contributed by atoms with Crippen molar-refractivity contribution in [2.45, 2.75) is 51.9 Å². The Hall–Kier alpha value is -2.17. The molecule has 1 amide bonds. The van der Waals surface area contributed by atoms with Gasteiger partial charge in [-0.15, -0.1) is 0 Å². The first-order valence-corrected chi connectivity index (χ1v) is 8.97. The first-order valence-electron chi connectivity index (χ1n) is 8.97. The van der Waals surface area contributed by atoms with E-state index in [2.05, 4.69) is 22.4 Å². The first kappa shape index (κ1) is 16.7. The summed E-state index contributed by atoms with van der Waals surface area (Å²) >= 11 is 0. The molecule has 1 fully saturated rings. The molecule has 0 spiro atoms. The molecule has 128 valence electrons. The number of carbonyl (C=O) groups excluding carboxylic acids is 1. The molecule has 0 bridgehead atoms. The van der Waals surface area contributed by atoms with Gasteiger partial charge in [-0.25, -0.2) is 0 Å². The summed E-state index contributed by atoms with van der Waals surface area (Å²) in [5.41, 5.74) is 1.51. The van der Waals surface area contributed by atoms with Crippen LogP contribution in [0.1, 0.15) is 61.6 Å². The lowest BCUT2D eigenvalue weighted by Gasteiger charge is -2.10. The van der Waals surface area contributed by atoms with Crippen molar-refractivity contribution < 1.29 is 9.32 Å². The lowest BCUT2D eigenvalue weighted by Crippen LogP contribution is -2.28. The van der Waals surface area contributed by atoms with Crippen molar-refractivity contribution in [3.8, 4) is 11.5 Å². The summed E-state index contributed by atoms with van der Waals surface area (Å²) in [6.07, 6.45) is 8.04. The van der Waals surface area contributed by atoms with E-state index in [0.29, 0.717) is 17.4 Å². The average Bonchev–Trinajstić information content (AvgIpc) is 3.30. The van der Waals surface area contributed by atoms with Crippen LogP contribution in [0.3, 0.4) is 0 Å². The topological polar surface area (TPSA) is 68.0 Å². The third-order valence-electron chi connectivity index (χ3n) is 4.64. The number of hydrogen-bond acceptors (Lipinski definition) is 4. The number of aryl methyl sites for hydroxylation is 1. The Labute approximate surface area is 142 Å². The van der Waals surface area contributed by atoms with Crippen LogP contribution in [-0.4, -0.2) is 22.6 Å². The van der Waals surface area contributed by atoms with Crippen LogP contribution in [0, 0.1) is 5.92 Å². The molecule has 1 aromatic carbocycles. The van der Waals surface area contributed by atoms with Gasteiger partial charge in [0, 0.05) is 24.1 Å². The second kappa shape index (κ2) is 8.08. The van der Waals surface area contributed by atoms with Gasteiger partial charge in [-0.05, 0) is 49.4 Å². The smallest absolute Gasteiger partial charge is 0.257 e. The minimum atomic E-state index is -0.0115. The molecule has 0 atom stereocenters. The summed E-state index contributed by atoms with van der Waals surface area (Å²) in [6, 6.07) is 7.35. The van der Waals surface area contributed by atoms with E-state index in [9.17, 15) is 4.79 Å². The zero-order valence-electron chi connectivity index (χ0n) is 14.3. The van der Waals surface area contributed by atoms with Gasteiger partial charge < -0.3 is 9.84 Å². The third-order valence-corrected chi connectivity index (χ3v) is 4.64. The number of rotatable bonds is 7. The number of hydrogen-bond donors (Lipinski definition) is 1. The molecule has 1 saturated carbocycles. The summed E-state index contributed by atoms with van der Waals surface area (Å²) in [7, 11) is 0. The second-order valence-corrected chi connectivity index (χ2v) is 6.56. The highest BCUT2D eigenvalue weighted by Crippen LogP contribution is 2.24. The maximum atomic E-state index is 12.2. The largest absolute Gasteiger partial charge is 0.352 e. The van der Waals surface area contributed by atoms with Crippen LogP contribution in [0.5, 0.6) is 0 Å². The van der Waals surface area contributed by atoms with Gasteiger partial charge in [0.25, 0.3) is 11.8 Å². The summed E-state index contributed by atoms with van der Waals surface area (Å²) in [4.78, 5) is 16.6. The molecule has 0 unspecified atom stereocenters. The fourth-order valence-electron chi connectivity index (χ4n) is 3.13. The Balaban J connectivity index is 1.57. The van der Waals surface area contributed by atoms with Crippen LogP contribution < -0.4 is 5.32 Å². The van der Waals surface area contributed by atoms with Crippen molar-refractivity contribution in [1.29, 1.82) is 0 Å².